The molecule has 4 aromatic rings. The fraction of sp³-hybridized carbons (Fsp3) is 0. The minimum absolute atomic E-state index is 0.0305. The maximum Gasteiger partial charge on any atom is 0.257 e. The maximum absolute atomic E-state index is 14.7. The summed E-state index contributed by atoms with van der Waals surface area (Å²) in [6.07, 6.45) is 7.43. The van der Waals surface area contributed by atoms with Gasteiger partial charge in [0.25, 0.3) is 5.91 Å². The highest BCUT2D eigenvalue weighted by Gasteiger charge is 2.18. The van der Waals surface area contributed by atoms with Crippen LogP contribution < -0.4 is 5.32 Å². The Hall–Kier alpha value is -2.88. The van der Waals surface area contributed by atoms with Gasteiger partial charge >= 0.3 is 0 Å². The summed E-state index contributed by atoms with van der Waals surface area (Å²) in [5.74, 6) is -0.911. The second kappa shape index (κ2) is 8.47. The van der Waals surface area contributed by atoms with Crippen LogP contribution in [0.1, 0.15) is 10.4 Å². The lowest BCUT2D eigenvalue weighted by molar-refractivity contribution is 0.102. The average Bonchev–Trinajstić information content (AvgIpc) is 3.24. The van der Waals surface area contributed by atoms with Gasteiger partial charge in [0.05, 0.1) is 39.9 Å². The number of benzene rings is 1. The normalized spacial score (nSPS) is 10.8. The van der Waals surface area contributed by atoms with E-state index >= 15 is 0 Å². The second-order valence-electron chi connectivity index (χ2n) is 5.97. The number of anilines is 1. The number of hydrogen-bond donors (Lipinski definition) is 1. The van der Waals surface area contributed by atoms with E-state index in [-0.39, 0.29) is 21.2 Å². The summed E-state index contributed by atoms with van der Waals surface area (Å²) in [5, 5.41) is 10.8. The van der Waals surface area contributed by atoms with Gasteiger partial charge in [0, 0.05) is 28.0 Å². The van der Waals surface area contributed by atoms with Crippen LogP contribution in [0.2, 0.25) is 10.0 Å². The van der Waals surface area contributed by atoms with Crippen LogP contribution in [0, 0.1) is 5.82 Å². The van der Waals surface area contributed by atoms with Gasteiger partial charge in [-0.3, -0.25) is 9.78 Å². The van der Waals surface area contributed by atoms with Crippen molar-refractivity contribution in [2.24, 2.45) is 0 Å². The van der Waals surface area contributed by atoms with Gasteiger partial charge in [-0.2, -0.15) is 10.2 Å². The highest BCUT2D eigenvalue weighted by atomic mass is 79.9. The highest BCUT2D eigenvalue weighted by Crippen LogP contribution is 2.33. The van der Waals surface area contributed by atoms with Crippen LogP contribution in [0.5, 0.6) is 0 Å². The molecule has 0 radical (unpaired) electrons. The van der Waals surface area contributed by atoms with Crippen molar-refractivity contribution in [3.63, 3.8) is 0 Å². The smallest absolute Gasteiger partial charge is 0.257 e. The van der Waals surface area contributed by atoms with Crippen LogP contribution in [-0.4, -0.2) is 30.9 Å². The van der Waals surface area contributed by atoms with Crippen molar-refractivity contribution in [3.8, 4) is 16.9 Å². The third kappa shape index (κ3) is 4.04. The lowest BCUT2D eigenvalue weighted by Crippen LogP contribution is -2.14. The summed E-state index contributed by atoms with van der Waals surface area (Å²) in [5.41, 5.74) is 1.08. The molecule has 1 N–H and O–H groups in total. The minimum atomic E-state index is -0.609. The molecule has 0 atom stereocenters. The fourth-order valence-corrected chi connectivity index (χ4v) is 3.65. The number of amides is 1. The molecule has 0 spiro atoms. The summed E-state index contributed by atoms with van der Waals surface area (Å²) in [6, 6.07) is 5.60. The number of halogens is 4. The number of hydrogen-bond acceptors (Lipinski definition) is 5. The Labute approximate surface area is 188 Å². The summed E-state index contributed by atoms with van der Waals surface area (Å²) in [7, 11) is 0. The van der Waals surface area contributed by atoms with Crippen LogP contribution in [0.15, 0.2) is 59.7 Å². The molecule has 0 unspecified atom stereocenters. The minimum Gasteiger partial charge on any atom is -0.320 e. The number of pyridine rings is 2. The van der Waals surface area contributed by atoms with Crippen molar-refractivity contribution in [3.05, 3.63) is 81.1 Å². The summed E-state index contributed by atoms with van der Waals surface area (Å²) in [6.45, 7) is 0. The van der Waals surface area contributed by atoms with E-state index in [2.05, 4.69) is 41.4 Å². The molecule has 150 valence electrons. The Balaban J connectivity index is 1.60. The molecule has 0 fully saturated rings. The van der Waals surface area contributed by atoms with Crippen molar-refractivity contribution in [1.82, 2.24) is 25.0 Å². The van der Waals surface area contributed by atoms with E-state index in [0.29, 0.717) is 21.5 Å². The van der Waals surface area contributed by atoms with Crippen molar-refractivity contribution >= 4 is 50.7 Å². The molecule has 0 aliphatic carbocycles. The zero-order chi connectivity index (χ0) is 21.3. The van der Waals surface area contributed by atoms with E-state index in [1.54, 1.807) is 12.3 Å². The van der Waals surface area contributed by atoms with Crippen LogP contribution in [0.4, 0.5) is 10.1 Å². The van der Waals surface area contributed by atoms with Crippen molar-refractivity contribution < 1.29 is 9.18 Å². The Kier molecular flexibility index (Phi) is 5.76. The van der Waals surface area contributed by atoms with Gasteiger partial charge in [-0.25, -0.2) is 9.37 Å². The van der Waals surface area contributed by atoms with Gasteiger partial charge < -0.3 is 5.32 Å². The lowest BCUT2D eigenvalue weighted by atomic mass is 10.0. The quantitative estimate of drug-likeness (QED) is 0.411. The number of carbonyl (C=O) groups is 1. The van der Waals surface area contributed by atoms with Gasteiger partial charge in [-0.05, 0) is 40.2 Å². The molecule has 7 nitrogen and oxygen atoms in total. The Bertz CT molecular complexity index is 1250. The van der Waals surface area contributed by atoms with Crippen LogP contribution >= 0.6 is 39.1 Å². The standard InChI is InChI=1S/C19H10BrCl2FN6O/c20-14-9-24-2-1-11(14)12-6-15(21)13(7-17(12)23)19(30)28-10-5-16(22)18(25-8-10)29-26-3-4-27-29/h1-9H,(H,28,30). The third-order valence-electron chi connectivity index (χ3n) is 4.05. The molecule has 1 aromatic carbocycles. The molecule has 0 saturated heterocycles. The molecule has 1 amide bonds. The molecular formula is C19H10BrCl2FN6O. The monoisotopic (exact) mass is 506 g/mol. The summed E-state index contributed by atoms with van der Waals surface area (Å²) in [4.78, 5) is 22.0. The molecular weight excluding hydrogens is 498 g/mol. The zero-order valence-electron chi connectivity index (χ0n) is 14.9. The van der Waals surface area contributed by atoms with Crippen LogP contribution in [-0.2, 0) is 0 Å². The molecule has 3 heterocycles. The molecule has 30 heavy (non-hydrogen) atoms. The van der Waals surface area contributed by atoms with Crippen molar-refractivity contribution in [1.29, 1.82) is 0 Å². The van der Waals surface area contributed by atoms with Crippen molar-refractivity contribution in [2.45, 2.75) is 0 Å². The van der Waals surface area contributed by atoms with E-state index in [4.69, 9.17) is 23.2 Å². The number of nitrogens with zero attached hydrogens (tertiary/aromatic N) is 5. The van der Waals surface area contributed by atoms with E-state index in [1.807, 2.05) is 0 Å². The third-order valence-corrected chi connectivity index (χ3v) is 5.27. The lowest BCUT2D eigenvalue weighted by Gasteiger charge is -2.11. The van der Waals surface area contributed by atoms with Gasteiger partial charge in [0.1, 0.15) is 5.82 Å². The van der Waals surface area contributed by atoms with E-state index in [1.165, 1.54) is 41.7 Å². The number of aromatic nitrogens is 5. The molecule has 11 heteroatoms. The molecule has 0 aliphatic rings. The molecule has 0 aliphatic heterocycles. The predicted octanol–water partition coefficient (Wildman–Crippen LogP) is 5.19. The predicted molar refractivity (Wildman–Crippen MR) is 114 cm³/mol. The number of nitrogens with one attached hydrogen (secondary N) is 1. The largest absolute Gasteiger partial charge is 0.320 e. The zero-order valence-corrected chi connectivity index (χ0v) is 18.0. The fourth-order valence-electron chi connectivity index (χ4n) is 2.69. The van der Waals surface area contributed by atoms with Gasteiger partial charge in [-0.15, -0.1) is 4.80 Å². The number of rotatable bonds is 4. The highest BCUT2D eigenvalue weighted by molar-refractivity contribution is 9.10. The van der Waals surface area contributed by atoms with Crippen LogP contribution in [0.3, 0.4) is 0 Å². The van der Waals surface area contributed by atoms with Crippen molar-refractivity contribution in [2.75, 3.05) is 5.32 Å². The number of carbonyl (C=O) groups excluding carboxylic acids is 1. The first-order chi connectivity index (χ1) is 14.4. The van der Waals surface area contributed by atoms with Crippen LogP contribution in [0.25, 0.3) is 16.9 Å². The average molecular weight is 508 g/mol. The first kappa shape index (κ1) is 20.4. The summed E-state index contributed by atoms with van der Waals surface area (Å²) >= 11 is 15.8. The molecule has 0 bridgehead atoms. The van der Waals surface area contributed by atoms with Gasteiger partial charge in [-0.1, -0.05) is 23.2 Å². The Morgan fingerprint density at radius 1 is 1.03 bits per heavy atom. The van der Waals surface area contributed by atoms with E-state index in [0.717, 1.165) is 6.07 Å². The summed E-state index contributed by atoms with van der Waals surface area (Å²) < 4.78 is 15.3. The Morgan fingerprint density at radius 2 is 1.80 bits per heavy atom. The van der Waals surface area contributed by atoms with E-state index < -0.39 is 11.7 Å². The van der Waals surface area contributed by atoms with E-state index in [9.17, 15) is 9.18 Å². The first-order valence-corrected chi connectivity index (χ1v) is 9.91. The molecule has 3 aromatic heterocycles. The Morgan fingerprint density at radius 3 is 2.50 bits per heavy atom. The first-order valence-electron chi connectivity index (χ1n) is 8.36. The van der Waals surface area contributed by atoms with Gasteiger partial charge in [0.15, 0.2) is 5.82 Å². The molecule has 4 rings (SSSR count). The second-order valence-corrected chi connectivity index (χ2v) is 7.64. The molecule has 0 saturated carbocycles. The maximum atomic E-state index is 14.7. The topological polar surface area (TPSA) is 85.6 Å². The SMILES string of the molecule is O=C(Nc1cnc(-n2nccn2)c(Cl)c1)c1cc(F)c(-c2ccncc2Br)cc1Cl. The van der Waals surface area contributed by atoms with Gasteiger partial charge in [0.2, 0.25) is 0 Å².